The number of carboxylic acids is 1. The van der Waals surface area contributed by atoms with Crippen LogP contribution in [0.15, 0.2) is 5.38 Å². The molecular formula is C14H20N2O3S. The lowest BCUT2D eigenvalue weighted by Crippen LogP contribution is -2.49. The van der Waals surface area contributed by atoms with Crippen LogP contribution >= 0.6 is 11.3 Å². The first-order valence-electron chi connectivity index (χ1n) is 6.91. The van der Waals surface area contributed by atoms with Crippen molar-refractivity contribution in [3.63, 3.8) is 0 Å². The van der Waals surface area contributed by atoms with Crippen LogP contribution in [0.5, 0.6) is 0 Å². The molecule has 0 saturated carbocycles. The molecule has 20 heavy (non-hydrogen) atoms. The van der Waals surface area contributed by atoms with Crippen LogP contribution in [0.3, 0.4) is 0 Å². The van der Waals surface area contributed by atoms with E-state index in [9.17, 15) is 14.7 Å². The number of piperidine rings is 1. The van der Waals surface area contributed by atoms with Crippen LogP contribution in [-0.2, 0) is 4.79 Å². The Morgan fingerprint density at radius 1 is 1.50 bits per heavy atom. The molecule has 0 spiro atoms. The van der Waals surface area contributed by atoms with Crippen molar-refractivity contribution in [1.29, 1.82) is 0 Å². The third-order valence-corrected chi connectivity index (χ3v) is 4.95. The number of amides is 1. The average molecular weight is 296 g/mol. The number of rotatable bonds is 3. The minimum Gasteiger partial charge on any atom is -0.481 e. The molecule has 2 heterocycles. The highest BCUT2D eigenvalue weighted by molar-refractivity contribution is 7.09. The van der Waals surface area contributed by atoms with Gasteiger partial charge in [-0.15, -0.1) is 11.3 Å². The molecule has 1 saturated heterocycles. The van der Waals surface area contributed by atoms with E-state index in [1.807, 2.05) is 20.8 Å². The summed E-state index contributed by atoms with van der Waals surface area (Å²) < 4.78 is 0. The Balaban J connectivity index is 2.16. The molecule has 1 amide bonds. The molecule has 1 aromatic heterocycles. The Morgan fingerprint density at radius 3 is 2.75 bits per heavy atom. The molecule has 1 fully saturated rings. The summed E-state index contributed by atoms with van der Waals surface area (Å²) in [6.07, 6.45) is 1.36. The van der Waals surface area contributed by atoms with Crippen LogP contribution in [0.1, 0.15) is 55.0 Å². The van der Waals surface area contributed by atoms with E-state index in [1.54, 1.807) is 10.3 Å². The first-order valence-corrected chi connectivity index (χ1v) is 7.79. The van der Waals surface area contributed by atoms with Crippen molar-refractivity contribution in [1.82, 2.24) is 9.88 Å². The van der Waals surface area contributed by atoms with Crippen molar-refractivity contribution < 1.29 is 14.7 Å². The lowest BCUT2D eigenvalue weighted by molar-refractivity contribution is -0.144. The number of likely N-dealkylation sites (tertiary alicyclic amines) is 1. The second-order valence-electron chi connectivity index (χ2n) is 5.55. The topological polar surface area (TPSA) is 70.5 Å². The first kappa shape index (κ1) is 15.0. The van der Waals surface area contributed by atoms with Gasteiger partial charge in [0.1, 0.15) is 5.69 Å². The van der Waals surface area contributed by atoms with Gasteiger partial charge in [-0.25, -0.2) is 4.98 Å². The molecule has 6 heteroatoms. The molecule has 2 rings (SSSR count). The van der Waals surface area contributed by atoms with Gasteiger partial charge in [0.25, 0.3) is 5.91 Å². The number of hydrogen-bond donors (Lipinski definition) is 1. The van der Waals surface area contributed by atoms with Crippen molar-refractivity contribution in [3.05, 3.63) is 16.1 Å². The number of carbonyl (C=O) groups is 2. The van der Waals surface area contributed by atoms with Gasteiger partial charge in [0.15, 0.2) is 0 Å². The fourth-order valence-electron chi connectivity index (χ4n) is 2.56. The van der Waals surface area contributed by atoms with Crippen LogP contribution in [0.2, 0.25) is 0 Å². The van der Waals surface area contributed by atoms with Crippen LogP contribution in [-0.4, -0.2) is 39.5 Å². The number of nitrogens with zero attached hydrogens (tertiary/aromatic N) is 2. The summed E-state index contributed by atoms with van der Waals surface area (Å²) >= 11 is 1.48. The molecule has 1 aliphatic rings. The van der Waals surface area contributed by atoms with Crippen molar-refractivity contribution >= 4 is 23.2 Å². The predicted octanol–water partition coefficient (Wildman–Crippen LogP) is 2.59. The number of carboxylic acid groups (broad SMARTS) is 1. The Labute approximate surface area is 122 Å². The van der Waals surface area contributed by atoms with E-state index in [0.717, 1.165) is 11.4 Å². The maximum atomic E-state index is 12.5. The van der Waals surface area contributed by atoms with Gasteiger partial charge in [0.2, 0.25) is 0 Å². The third-order valence-electron chi connectivity index (χ3n) is 3.80. The number of thiazole rings is 1. The number of aromatic nitrogens is 1. The average Bonchev–Trinajstić information content (AvgIpc) is 2.87. The molecule has 1 aliphatic heterocycles. The highest BCUT2D eigenvalue weighted by Gasteiger charge is 2.36. The summed E-state index contributed by atoms with van der Waals surface area (Å²) in [7, 11) is 0. The Kier molecular flexibility index (Phi) is 4.42. The monoisotopic (exact) mass is 296 g/mol. The lowest BCUT2D eigenvalue weighted by Gasteiger charge is -2.37. The summed E-state index contributed by atoms with van der Waals surface area (Å²) in [5, 5.41) is 11.9. The van der Waals surface area contributed by atoms with Crippen molar-refractivity contribution in [3.8, 4) is 0 Å². The largest absolute Gasteiger partial charge is 0.481 e. The van der Waals surface area contributed by atoms with Crippen molar-refractivity contribution in [2.45, 2.75) is 45.6 Å². The standard InChI is InChI=1S/C14H20N2O3S/c1-8(2)12-15-11(7-20-12)13(17)16-6-4-5-10(9(16)3)14(18)19/h7-10H,4-6H2,1-3H3,(H,18,19)/t9-,10-/m0/s1. The molecule has 1 aromatic rings. The van der Waals surface area contributed by atoms with Gasteiger partial charge in [-0.05, 0) is 19.8 Å². The zero-order chi connectivity index (χ0) is 14.9. The summed E-state index contributed by atoms with van der Waals surface area (Å²) in [6, 6.07) is -0.280. The smallest absolute Gasteiger partial charge is 0.308 e. The Bertz CT molecular complexity index is 512. The number of aliphatic carboxylic acids is 1. The van der Waals surface area contributed by atoms with E-state index < -0.39 is 11.9 Å². The highest BCUT2D eigenvalue weighted by Crippen LogP contribution is 2.26. The summed E-state index contributed by atoms with van der Waals surface area (Å²) in [5.74, 6) is -1.15. The molecule has 2 atom stereocenters. The van der Waals surface area contributed by atoms with E-state index in [2.05, 4.69) is 4.98 Å². The van der Waals surface area contributed by atoms with Gasteiger partial charge >= 0.3 is 5.97 Å². The first-order chi connectivity index (χ1) is 9.41. The van der Waals surface area contributed by atoms with Gasteiger partial charge in [-0.1, -0.05) is 13.8 Å². The van der Waals surface area contributed by atoms with E-state index in [1.165, 1.54) is 11.3 Å². The maximum Gasteiger partial charge on any atom is 0.308 e. The van der Waals surface area contributed by atoms with Gasteiger partial charge in [0.05, 0.1) is 10.9 Å². The van der Waals surface area contributed by atoms with Gasteiger partial charge in [-0.2, -0.15) is 0 Å². The van der Waals surface area contributed by atoms with Gasteiger partial charge in [-0.3, -0.25) is 9.59 Å². The van der Waals surface area contributed by atoms with Crippen molar-refractivity contribution in [2.75, 3.05) is 6.54 Å². The molecule has 110 valence electrons. The van der Waals surface area contributed by atoms with Gasteiger partial charge < -0.3 is 10.0 Å². The molecule has 0 aromatic carbocycles. The second kappa shape index (κ2) is 5.91. The van der Waals surface area contributed by atoms with E-state index in [0.29, 0.717) is 24.6 Å². The maximum absolute atomic E-state index is 12.5. The molecule has 0 radical (unpaired) electrons. The summed E-state index contributed by atoms with van der Waals surface area (Å²) in [6.45, 7) is 6.50. The number of carbonyl (C=O) groups excluding carboxylic acids is 1. The van der Waals surface area contributed by atoms with Crippen LogP contribution < -0.4 is 0 Å². The Morgan fingerprint density at radius 2 is 2.20 bits per heavy atom. The second-order valence-corrected chi connectivity index (χ2v) is 6.44. The summed E-state index contributed by atoms with van der Waals surface area (Å²) in [4.78, 5) is 29.7. The SMILES string of the molecule is CC(C)c1nc(C(=O)N2CCC[C@H](C(=O)O)[C@@H]2C)cs1. The molecule has 0 aliphatic carbocycles. The molecule has 0 unspecified atom stereocenters. The molecule has 5 nitrogen and oxygen atoms in total. The normalized spacial score (nSPS) is 23.1. The third kappa shape index (κ3) is 2.85. The Hall–Kier alpha value is -1.43. The van der Waals surface area contributed by atoms with Crippen LogP contribution in [0.4, 0.5) is 0 Å². The fraction of sp³-hybridized carbons (Fsp3) is 0.643. The zero-order valence-corrected chi connectivity index (χ0v) is 12.8. The van der Waals surface area contributed by atoms with Gasteiger partial charge in [0, 0.05) is 23.9 Å². The summed E-state index contributed by atoms with van der Waals surface area (Å²) in [5.41, 5.74) is 0.441. The fourth-order valence-corrected chi connectivity index (χ4v) is 3.37. The molecule has 1 N–H and O–H groups in total. The molecular weight excluding hydrogens is 276 g/mol. The zero-order valence-electron chi connectivity index (χ0n) is 12.0. The van der Waals surface area contributed by atoms with Crippen LogP contribution in [0.25, 0.3) is 0 Å². The van der Waals surface area contributed by atoms with E-state index in [4.69, 9.17) is 0 Å². The number of hydrogen-bond acceptors (Lipinski definition) is 4. The van der Waals surface area contributed by atoms with Crippen molar-refractivity contribution in [2.24, 2.45) is 5.92 Å². The highest BCUT2D eigenvalue weighted by atomic mass is 32.1. The predicted molar refractivity (Wildman–Crippen MR) is 77.1 cm³/mol. The van der Waals surface area contributed by atoms with E-state index >= 15 is 0 Å². The minimum atomic E-state index is -0.823. The van der Waals surface area contributed by atoms with Crippen LogP contribution in [0, 0.1) is 5.92 Å². The van der Waals surface area contributed by atoms with E-state index in [-0.39, 0.29) is 11.9 Å². The quantitative estimate of drug-likeness (QED) is 0.930. The molecule has 0 bridgehead atoms. The lowest BCUT2D eigenvalue weighted by atomic mass is 9.90. The minimum absolute atomic E-state index is 0.147.